The first kappa shape index (κ1) is 7.91. The molecule has 0 aliphatic heterocycles. The molecule has 4 heteroatoms. The van der Waals surface area contributed by atoms with Gasteiger partial charge in [-0.1, -0.05) is 11.2 Å². The first-order valence-electron chi connectivity index (χ1n) is 3.82. The molecule has 0 aliphatic carbocycles. The summed E-state index contributed by atoms with van der Waals surface area (Å²) in [5.74, 6) is 0.574. The Bertz CT molecular complexity index is 425. The summed E-state index contributed by atoms with van der Waals surface area (Å²) in [4.78, 5) is 3.98. The van der Waals surface area contributed by atoms with E-state index >= 15 is 0 Å². The van der Waals surface area contributed by atoms with E-state index in [1.807, 2.05) is 0 Å². The summed E-state index contributed by atoms with van der Waals surface area (Å²) in [5.41, 5.74) is 0.598. The van der Waals surface area contributed by atoms with Crippen LogP contribution in [0.4, 0.5) is 4.39 Å². The van der Waals surface area contributed by atoms with Crippen LogP contribution in [0.15, 0.2) is 28.8 Å². The van der Waals surface area contributed by atoms with Crippen molar-refractivity contribution in [1.29, 1.82) is 0 Å². The monoisotopic (exact) mass is 178 g/mol. The van der Waals surface area contributed by atoms with Crippen LogP contribution in [0, 0.1) is 12.7 Å². The second-order valence-electron chi connectivity index (χ2n) is 2.66. The van der Waals surface area contributed by atoms with E-state index in [1.54, 1.807) is 19.1 Å². The number of nitrogens with zero attached hydrogens (tertiary/aromatic N) is 2. The van der Waals surface area contributed by atoms with Crippen molar-refractivity contribution in [2.24, 2.45) is 0 Å². The molecule has 0 amide bonds. The van der Waals surface area contributed by atoms with Crippen molar-refractivity contribution in [2.75, 3.05) is 0 Å². The third-order valence-corrected chi connectivity index (χ3v) is 1.60. The van der Waals surface area contributed by atoms with Crippen molar-refractivity contribution in [3.8, 4) is 11.5 Å². The first-order valence-corrected chi connectivity index (χ1v) is 3.82. The Kier molecular flexibility index (Phi) is 1.81. The molecule has 0 unspecified atom stereocenters. The van der Waals surface area contributed by atoms with E-state index in [-0.39, 0.29) is 5.82 Å². The second-order valence-corrected chi connectivity index (χ2v) is 2.66. The van der Waals surface area contributed by atoms with Crippen molar-refractivity contribution in [3.63, 3.8) is 0 Å². The minimum Gasteiger partial charge on any atom is -0.334 e. The largest absolute Gasteiger partial charge is 0.334 e. The minimum atomic E-state index is -0.312. The van der Waals surface area contributed by atoms with E-state index < -0.39 is 0 Å². The van der Waals surface area contributed by atoms with Crippen LogP contribution in [0.25, 0.3) is 11.5 Å². The highest BCUT2D eigenvalue weighted by Crippen LogP contribution is 2.17. The van der Waals surface area contributed by atoms with Gasteiger partial charge in [0, 0.05) is 5.56 Å². The SMILES string of the molecule is Cc1noc(-c2cccc(F)c2)n1. The standard InChI is InChI=1S/C9H7FN2O/c1-6-11-9(13-12-6)7-3-2-4-8(10)5-7/h2-5H,1H3. The molecule has 66 valence electrons. The fourth-order valence-corrected chi connectivity index (χ4v) is 1.04. The average Bonchev–Trinajstić information content (AvgIpc) is 2.52. The van der Waals surface area contributed by atoms with Crippen molar-refractivity contribution in [2.45, 2.75) is 6.92 Å². The maximum Gasteiger partial charge on any atom is 0.258 e. The van der Waals surface area contributed by atoms with Crippen molar-refractivity contribution < 1.29 is 8.91 Å². The predicted molar refractivity (Wildman–Crippen MR) is 44.4 cm³/mol. The molecular weight excluding hydrogens is 171 g/mol. The summed E-state index contributed by atoms with van der Waals surface area (Å²) in [6.07, 6.45) is 0. The van der Waals surface area contributed by atoms with E-state index in [0.29, 0.717) is 17.3 Å². The average molecular weight is 178 g/mol. The van der Waals surface area contributed by atoms with Crippen LogP contribution in [0.3, 0.4) is 0 Å². The van der Waals surface area contributed by atoms with Crippen molar-refractivity contribution in [3.05, 3.63) is 35.9 Å². The lowest BCUT2D eigenvalue weighted by atomic mass is 10.2. The van der Waals surface area contributed by atoms with Crippen LogP contribution in [0.2, 0.25) is 0 Å². The highest BCUT2D eigenvalue weighted by molar-refractivity contribution is 5.52. The third kappa shape index (κ3) is 1.56. The molecule has 1 heterocycles. The second kappa shape index (κ2) is 2.97. The zero-order valence-electron chi connectivity index (χ0n) is 6.99. The molecule has 0 aliphatic rings. The molecule has 0 saturated heterocycles. The Labute approximate surface area is 74.2 Å². The summed E-state index contributed by atoms with van der Waals surface area (Å²) in [6, 6.07) is 6.04. The molecule has 13 heavy (non-hydrogen) atoms. The van der Waals surface area contributed by atoms with E-state index in [4.69, 9.17) is 4.52 Å². The molecule has 0 radical (unpaired) electrons. The van der Waals surface area contributed by atoms with Crippen molar-refractivity contribution >= 4 is 0 Å². The summed E-state index contributed by atoms with van der Waals surface area (Å²) >= 11 is 0. The Hall–Kier alpha value is -1.71. The van der Waals surface area contributed by atoms with Gasteiger partial charge in [0.25, 0.3) is 5.89 Å². The lowest BCUT2D eigenvalue weighted by Crippen LogP contribution is -1.79. The number of hydrogen-bond donors (Lipinski definition) is 0. The molecule has 1 aromatic heterocycles. The van der Waals surface area contributed by atoms with Crippen LogP contribution >= 0.6 is 0 Å². The van der Waals surface area contributed by atoms with Crippen LogP contribution in [0.5, 0.6) is 0 Å². The number of halogens is 1. The van der Waals surface area contributed by atoms with Gasteiger partial charge in [-0.2, -0.15) is 4.98 Å². The molecule has 0 fully saturated rings. The first-order chi connectivity index (χ1) is 6.25. The Balaban J connectivity index is 2.46. The topological polar surface area (TPSA) is 38.9 Å². The number of aromatic nitrogens is 2. The number of aryl methyl sites for hydroxylation is 1. The zero-order chi connectivity index (χ0) is 9.26. The van der Waals surface area contributed by atoms with Gasteiger partial charge >= 0.3 is 0 Å². The number of rotatable bonds is 1. The lowest BCUT2D eigenvalue weighted by Gasteiger charge is -1.92. The summed E-state index contributed by atoms with van der Waals surface area (Å²) in [6.45, 7) is 1.71. The molecule has 3 nitrogen and oxygen atoms in total. The summed E-state index contributed by atoms with van der Waals surface area (Å²) < 4.78 is 17.6. The summed E-state index contributed by atoms with van der Waals surface area (Å²) in [7, 11) is 0. The number of benzene rings is 1. The van der Waals surface area contributed by atoms with Gasteiger partial charge in [0.15, 0.2) is 5.82 Å². The van der Waals surface area contributed by atoms with Gasteiger partial charge in [0.2, 0.25) is 0 Å². The normalized spacial score (nSPS) is 10.3. The van der Waals surface area contributed by atoms with Crippen LogP contribution in [0.1, 0.15) is 5.82 Å². The van der Waals surface area contributed by atoms with Gasteiger partial charge in [-0.15, -0.1) is 0 Å². The van der Waals surface area contributed by atoms with Crippen LogP contribution in [-0.4, -0.2) is 10.1 Å². The Morgan fingerprint density at radius 2 is 2.23 bits per heavy atom. The maximum absolute atomic E-state index is 12.8. The maximum atomic E-state index is 12.8. The van der Waals surface area contributed by atoms with Gasteiger partial charge < -0.3 is 4.52 Å². The molecule has 0 atom stereocenters. The molecule has 1 aromatic carbocycles. The summed E-state index contributed by atoms with van der Waals surface area (Å²) in [5, 5.41) is 3.61. The molecule has 0 N–H and O–H groups in total. The van der Waals surface area contributed by atoms with Crippen LogP contribution in [-0.2, 0) is 0 Å². The van der Waals surface area contributed by atoms with Crippen LogP contribution < -0.4 is 0 Å². The minimum absolute atomic E-state index is 0.312. The van der Waals surface area contributed by atoms with Gasteiger partial charge in [-0.25, -0.2) is 4.39 Å². The van der Waals surface area contributed by atoms with E-state index in [9.17, 15) is 4.39 Å². The predicted octanol–water partition coefficient (Wildman–Crippen LogP) is 2.18. The lowest BCUT2D eigenvalue weighted by molar-refractivity contribution is 0.425. The highest BCUT2D eigenvalue weighted by atomic mass is 19.1. The Morgan fingerprint density at radius 1 is 1.38 bits per heavy atom. The molecule has 2 rings (SSSR count). The van der Waals surface area contributed by atoms with E-state index in [1.165, 1.54) is 12.1 Å². The molecule has 0 spiro atoms. The molecule has 0 saturated carbocycles. The molecule has 0 bridgehead atoms. The van der Waals surface area contributed by atoms with Gasteiger partial charge in [0.05, 0.1) is 0 Å². The van der Waals surface area contributed by atoms with Crippen molar-refractivity contribution in [1.82, 2.24) is 10.1 Å². The highest BCUT2D eigenvalue weighted by Gasteiger charge is 2.05. The molecule has 2 aromatic rings. The van der Waals surface area contributed by atoms with Gasteiger partial charge in [-0.05, 0) is 25.1 Å². The van der Waals surface area contributed by atoms with Gasteiger partial charge in [0.1, 0.15) is 5.82 Å². The zero-order valence-corrected chi connectivity index (χ0v) is 6.99. The Morgan fingerprint density at radius 3 is 2.85 bits per heavy atom. The van der Waals surface area contributed by atoms with E-state index in [2.05, 4.69) is 10.1 Å². The van der Waals surface area contributed by atoms with Gasteiger partial charge in [-0.3, -0.25) is 0 Å². The quantitative estimate of drug-likeness (QED) is 0.671. The smallest absolute Gasteiger partial charge is 0.258 e. The third-order valence-electron chi connectivity index (χ3n) is 1.60. The fraction of sp³-hybridized carbons (Fsp3) is 0.111. The molecular formula is C9H7FN2O. The fourth-order valence-electron chi connectivity index (χ4n) is 1.04. The number of hydrogen-bond acceptors (Lipinski definition) is 3. The van der Waals surface area contributed by atoms with E-state index in [0.717, 1.165) is 0 Å².